The van der Waals surface area contributed by atoms with Crippen molar-refractivity contribution < 1.29 is 9.53 Å². The highest BCUT2D eigenvalue weighted by Crippen LogP contribution is 2.34. The molecular formula is C24H23N3O3S2. The molecular weight excluding hydrogens is 442 g/mol. The number of rotatable bonds is 7. The maximum atomic E-state index is 13.3. The molecule has 0 aliphatic carbocycles. The molecule has 8 heteroatoms. The fourth-order valence-electron chi connectivity index (χ4n) is 3.42. The van der Waals surface area contributed by atoms with Gasteiger partial charge in [-0.25, -0.2) is 0 Å². The summed E-state index contributed by atoms with van der Waals surface area (Å²) in [5.41, 5.74) is 1.39. The third kappa shape index (κ3) is 4.61. The predicted octanol–water partition coefficient (Wildman–Crippen LogP) is 5.19. The van der Waals surface area contributed by atoms with Crippen molar-refractivity contribution in [3.8, 4) is 11.6 Å². The Bertz CT molecular complexity index is 1280. The molecule has 1 aliphatic heterocycles. The molecule has 0 saturated carbocycles. The van der Waals surface area contributed by atoms with Gasteiger partial charge in [0.2, 0.25) is 5.88 Å². The van der Waals surface area contributed by atoms with Crippen LogP contribution in [0, 0.1) is 6.92 Å². The van der Waals surface area contributed by atoms with Crippen molar-refractivity contribution in [1.29, 1.82) is 0 Å². The van der Waals surface area contributed by atoms with Gasteiger partial charge >= 0.3 is 0 Å². The van der Waals surface area contributed by atoms with E-state index in [2.05, 4.69) is 11.9 Å². The third-order valence-corrected chi connectivity index (χ3v) is 6.45. The van der Waals surface area contributed by atoms with Crippen LogP contribution in [-0.4, -0.2) is 31.1 Å². The highest BCUT2D eigenvalue weighted by atomic mass is 32.2. The normalized spacial score (nSPS) is 15.2. The number of aryl methyl sites for hydroxylation is 1. The summed E-state index contributed by atoms with van der Waals surface area (Å²) in [6.45, 7) is 4.65. The van der Waals surface area contributed by atoms with Crippen LogP contribution >= 0.6 is 24.0 Å². The van der Waals surface area contributed by atoms with E-state index in [0.717, 1.165) is 24.8 Å². The smallest absolute Gasteiger partial charge is 0.269 e. The number of benzene rings is 1. The summed E-state index contributed by atoms with van der Waals surface area (Å²) in [4.78, 5) is 32.8. The van der Waals surface area contributed by atoms with Gasteiger partial charge in [-0.05, 0) is 49.2 Å². The van der Waals surface area contributed by atoms with E-state index in [9.17, 15) is 9.59 Å². The van der Waals surface area contributed by atoms with Crippen LogP contribution in [0.3, 0.4) is 0 Å². The van der Waals surface area contributed by atoms with Crippen molar-refractivity contribution >= 4 is 45.9 Å². The van der Waals surface area contributed by atoms with Gasteiger partial charge in [0.05, 0.1) is 4.91 Å². The molecule has 3 heterocycles. The predicted molar refractivity (Wildman–Crippen MR) is 132 cm³/mol. The number of nitrogens with zero attached hydrogens (tertiary/aromatic N) is 3. The Morgan fingerprint density at radius 1 is 1.16 bits per heavy atom. The second-order valence-electron chi connectivity index (χ2n) is 7.52. The van der Waals surface area contributed by atoms with E-state index in [1.165, 1.54) is 16.2 Å². The highest BCUT2D eigenvalue weighted by Gasteiger charge is 2.32. The Labute approximate surface area is 195 Å². The number of pyridine rings is 1. The lowest BCUT2D eigenvalue weighted by molar-refractivity contribution is -0.122. The molecule has 0 radical (unpaired) electrons. The summed E-state index contributed by atoms with van der Waals surface area (Å²) in [5.74, 6) is 0.539. The Hall–Kier alpha value is -2.97. The molecule has 1 saturated heterocycles. The number of thioether (sulfide) groups is 1. The van der Waals surface area contributed by atoms with E-state index in [-0.39, 0.29) is 22.9 Å². The summed E-state index contributed by atoms with van der Waals surface area (Å²) in [6.07, 6.45) is 6.18. The van der Waals surface area contributed by atoms with Crippen LogP contribution in [0.4, 0.5) is 0 Å². The number of thiocarbonyl (C=S) groups is 1. The molecule has 1 fully saturated rings. The molecule has 0 unspecified atom stereocenters. The summed E-state index contributed by atoms with van der Waals surface area (Å²) in [7, 11) is 0. The Morgan fingerprint density at radius 2 is 2.00 bits per heavy atom. The summed E-state index contributed by atoms with van der Waals surface area (Å²) in [5, 5.41) is 0. The first-order chi connectivity index (χ1) is 15.5. The Morgan fingerprint density at radius 3 is 2.78 bits per heavy atom. The zero-order valence-corrected chi connectivity index (χ0v) is 19.5. The van der Waals surface area contributed by atoms with Crippen LogP contribution in [0.15, 0.2) is 58.4 Å². The van der Waals surface area contributed by atoms with Gasteiger partial charge < -0.3 is 4.74 Å². The van der Waals surface area contributed by atoms with Gasteiger partial charge in [0.1, 0.15) is 21.3 Å². The van der Waals surface area contributed by atoms with Crippen molar-refractivity contribution in [2.24, 2.45) is 0 Å². The molecule has 164 valence electrons. The number of ether oxygens (including phenoxy) is 1. The summed E-state index contributed by atoms with van der Waals surface area (Å²) in [6, 6.07) is 12.8. The number of hydrogen-bond donors (Lipinski definition) is 0. The SMILES string of the molecule is CCCCCN1C(=O)/C(=C\c2c(Oc3cccc(C)c3)nc3ccccn3c2=O)SC1=S. The largest absolute Gasteiger partial charge is 0.438 e. The minimum atomic E-state index is -0.311. The van der Waals surface area contributed by atoms with Crippen LogP contribution in [0.25, 0.3) is 11.7 Å². The van der Waals surface area contributed by atoms with Gasteiger partial charge in [0, 0.05) is 12.7 Å². The first kappa shape index (κ1) is 22.2. The molecule has 6 nitrogen and oxygen atoms in total. The summed E-state index contributed by atoms with van der Waals surface area (Å²) >= 11 is 6.62. The number of carbonyl (C=O) groups excluding carboxylic acids is 1. The molecule has 32 heavy (non-hydrogen) atoms. The van der Waals surface area contributed by atoms with Crippen molar-refractivity contribution in [2.75, 3.05) is 6.54 Å². The fourth-order valence-corrected chi connectivity index (χ4v) is 4.71. The van der Waals surface area contributed by atoms with E-state index in [0.29, 0.717) is 27.2 Å². The molecule has 3 aromatic rings. The van der Waals surface area contributed by atoms with Crippen molar-refractivity contribution in [3.05, 3.63) is 75.0 Å². The third-order valence-electron chi connectivity index (χ3n) is 5.07. The minimum absolute atomic E-state index is 0.156. The molecule has 1 aromatic carbocycles. The number of hydrogen-bond acceptors (Lipinski definition) is 6. The first-order valence-corrected chi connectivity index (χ1v) is 11.7. The minimum Gasteiger partial charge on any atom is -0.438 e. The maximum Gasteiger partial charge on any atom is 0.269 e. The maximum absolute atomic E-state index is 13.3. The van der Waals surface area contributed by atoms with Crippen LogP contribution in [0.2, 0.25) is 0 Å². The van der Waals surface area contributed by atoms with Crippen molar-refractivity contribution in [2.45, 2.75) is 33.1 Å². The molecule has 0 bridgehead atoms. The van der Waals surface area contributed by atoms with Crippen LogP contribution in [0.1, 0.15) is 37.3 Å². The van der Waals surface area contributed by atoms with Gasteiger partial charge in [0.15, 0.2) is 0 Å². The number of carbonyl (C=O) groups is 1. The lowest BCUT2D eigenvalue weighted by atomic mass is 10.2. The van der Waals surface area contributed by atoms with E-state index < -0.39 is 0 Å². The highest BCUT2D eigenvalue weighted by molar-refractivity contribution is 8.26. The Balaban J connectivity index is 1.77. The van der Waals surface area contributed by atoms with Gasteiger partial charge in [-0.2, -0.15) is 4.98 Å². The second kappa shape index (κ2) is 9.67. The quantitative estimate of drug-likeness (QED) is 0.272. The van der Waals surface area contributed by atoms with Gasteiger partial charge in [0.25, 0.3) is 11.5 Å². The Kier molecular flexibility index (Phi) is 6.72. The molecule has 1 aliphatic rings. The van der Waals surface area contributed by atoms with Crippen LogP contribution in [0.5, 0.6) is 11.6 Å². The standard InChI is InChI=1S/C24H23N3O3S2/c1-3-4-6-13-27-23(29)19(32-24(27)31)15-18-21(30-17-10-8-9-16(2)14-17)25-20-11-5-7-12-26(20)22(18)28/h5,7-12,14-15H,3-4,6,13H2,1-2H3/b19-15+. The molecule has 0 spiro atoms. The molecule has 0 N–H and O–H groups in total. The van der Waals surface area contributed by atoms with Crippen molar-refractivity contribution in [3.63, 3.8) is 0 Å². The van der Waals surface area contributed by atoms with Gasteiger partial charge in [-0.1, -0.05) is 61.9 Å². The lowest BCUT2D eigenvalue weighted by Crippen LogP contribution is -2.29. The molecule has 2 aromatic heterocycles. The first-order valence-electron chi connectivity index (χ1n) is 10.5. The fraction of sp³-hybridized carbons (Fsp3) is 0.250. The van der Waals surface area contributed by atoms with E-state index in [1.54, 1.807) is 41.4 Å². The molecule has 1 amide bonds. The number of aromatic nitrogens is 2. The van der Waals surface area contributed by atoms with E-state index in [1.807, 2.05) is 25.1 Å². The monoisotopic (exact) mass is 465 g/mol. The van der Waals surface area contributed by atoms with Crippen LogP contribution in [-0.2, 0) is 4.79 Å². The average molecular weight is 466 g/mol. The van der Waals surface area contributed by atoms with Gasteiger partial charge in [-0.3, -0.25) is 18.9 Å². The average Bonchev–Trinajstić information content (AvgIpc) is 3.04. The lowest BCUT2D eigenvalue weighted by Gasteiger charge is -2.13. The number of unbranched alkanes of at least 4 members (excludes halogenated alkanes) is 2. The zero-order chi connectivity index (χ0) is 22.7. The second-order valence-corrected chi connectivity index (χ2v) is 9.20. The summed E-state index contributed by atoms with van der Waals surface area (Å²) < 4.78 is 7.97. The van der Waals surface area contributed by atoms with Crippen LogP contribution < -0.4 is 10.3 Å². The van der Waals surface area contributed by atoms with E-state index in [4.69, 9.17) is 17.0 Å². The topological polar surface area (TPSA) is 63.9 Å². The zero-order valence-electron chi connectivity index (χ0n) is 17.9. The van der Waals surface area contributed by atoms with E-state index >= 15 is 0 Å². The number of fused-ring (bicyclic) bond motifs is 1. The molecule has 0 atom stereocenters. The van der Waals surface area contributed by atoms with Gasteiger partial charge in [-0.15, -0.1) is 0 Å². The number of amides is 1. The van der Waals surface area contributed by atoms with Crippen molar-refractivity contribution in [1.82, 2.24) is 14.3 Å². The molecule has 4 rings (SSSR count).